The van der Waals surface area contributed by atoms with Gasteiger partial charge < -0.3 is 9.72 Å². The number of allylic oxidation sites excluding steroid dienone is 5. The highest BCUT2D eigenvalue weighted by Gasteiger charge is 1.99. The number of aromatic nitrogens is 1. The lowest BCUT2D eigenvalue weighted by atomic mass is 10.2. The van der Waals surface area contributed by atoms with E-state index >= 15 is 0 Å². The maximum Gasteiger partial charge on any atom is 0.330 e. The van der Waals surface area contributed by atoms with Crippen LogP contribution in [-0.4, -0.2) is 49.0 Å². The topological polar surface area (TPSA) is 145 Å². The molecule has 48 heavy (non-hydrogen) atoms. The van der Waals surface area contributed by atoms with Gasteiger partial charge in [0.25, 0.3) is 5.24 Å². The number of halogens is 6. The number of nitrogens with one attached hydrogen (secondary N) is 1. The SMILES string of the molecule is C#CC(=O)Cl.CCOC(=O)/C=C/C(=O)Cl.O=C(Cl)/C=C/C(=O)Cl.O=C(Cl)/C=C/c1c[nH]c2ccccc12.O=C(Cl)/C=C/c1ccccc1. The summed E-state index contributed by atoms with van der Waals surface area (Å²) in [6.45, 7) is 1.97. The zero-order valence-corrected chi connectivity index (χ0v) is 29.2. The van der Waals surface area contributed by atoms with Crippen molar-refractivity contribution in [2.75, 3.05) is 6.61 Å². The van der Waals surface area contributed by atoms with Crippen LogP contribution < -0.4 is 0 Å². The Morgan fingerprint density at radius 1 is 0.667 bits per heavy atom. The van der Waals surface area contributed by atoms with E-state index in [-0.39, 0.29) is 0 Å². The van der Waals surface area contributed by atoms with Crippen LogP contribution in [0.1, 0.15) is 18.1 Å². The fourth-order valence-electron chi connectivity index (χ4n) is 2.57. The lowest BCUT2D eigenvalue weighted by molar-refractivity contribution is -0.137. The molecule has 1 aromatic heterocycles. The first kappa shape index (κ1) is 45.9. The van der Waals surface area contributed by atoms with Crippen LogP contribution in [0.25, 0.3) is 23.1 Å². The first-order valence-electron chi connectivity index (χ1n) is 12.8. The molecule has 0 unspecified atom stereocenters. The third-order valence-electron chi connectivity index (χ3n) is 4.32. The fraction of sp³-hybridized carbons (Fsp3) is 0.0606. The smallest absolute Gasteiger partial charge is 0.330 e. The monoisotopic (exact) mass is 773 g/mol. The molecule has 3 rings (SSSR count). The number of H-pyrrole nitrogens is 1. The van der Waals surface area contributed by atoms with Crippen LogP contribution in [0.4, 0.5) is 0 Å². The van der Waals surface area contributed by atoms with Gasteiger partial charge in [-0.05, 0) is 118 Å². The molecular formula is C33H25Cl6NO8. The van der Waals surface area contributed by atoms with Gasteiger partial charge in [0.1, 0.15) is 0 Å². The van der Waals surface area contributed by atoms with Gasteiger partial charge in [0.2, 0.25) is 26.2 Å². The zero-order chi connectivity index (χ0) is 36.9. The summed E-state index contributed by atoms with van der Waals surface area (Å²) in [4.78, 5) is 73.4. The van der Waals surface area contributed by atoms with E-state index in [1.807, 2.05) is 60.8 Å². The highest BCUT2D eigenvalue weighted by molar-refractivity contribution is 6.69. The van der Waals surface area contributed by atoms with E-state index in [0.717, 1.165) is 46.3 Å². The number of benzene rings is 2. The number of carbonyl (C=O) groups is 7. The minimum atomic E-state index is -0.745. The second kappa shape index (κ2) is 28.9. The van der Waals surface area contributed by atoms with Crippen LogP contribution in [0.3, 0.4) is 0 Å². The quantitative estimate of drug-likeness (QED) is 0.101. The minimum absolute atomic E-state index is 0.291. The second-order valence-electron chi connectivity index (χ2n) is 7.72. The number of carbonyl (C=O) groups excluding carboxylic acids is 7. The van der Waals surface area contributed by atoms with Crippen molar-refractivity contribution in [2.24, 2.45) is 0 Å². The van der Waals surface area contributed by atoms with Crippen molar-refractivity contribution in [1.82, 2.24) is 4.98 Å². The molecule has 15 heteroatoms. The average Bonchev–Trinajstić information content (AvgIpc) is 3.46. The fourth-order valence-corrected chi connectivity index (χ4v) is 2.88. The molecule has 0 amide bonds. The van der Waals surface area contributed by atoms with E-state index in [1.54, 1.807) is 25.0 Å². The number of esters is 1. The Morgan fingerprint density at radius 2 is 1.10 bits per heavy atom. The van der Waals surface area contributed by atoms with E-state index in [1.165, 1.54) is 12.2 Å². The maximum absolute atomic E-state index is 10.5. The van der Waals surface area contributed by atoms with Gasteiger partial charge in [-0.2, -0.15) is 0 Å². The minimum Gasteiger partial charge on any atom is -0.463 e. The number of para-hydroxylation sites is 1. The summed E-state index contributed by atoms with van der Waals surface area (Å²) in [5.41, 5.74) is 2.99. The third-order valence-corrected chi connectivity index (χ3v) is 5.06. The first-order chi connectivity index (χ1) is 22.6. The predicted octanol–water partition coefficient (Wildman–Crippen LogP) is 7.74. The van der Waals surface area contributed by atoms with E-state index in [9.17, 15) is 33.6 Å². The van der Waals surface area contributed by atoms with Crippen molar-refractivity contribution < 1.29 is 38.3 Å². The molecule has 252 valence electrons. The molecule has 0 saturated heterocycles. The summed E-state index contributed by atoms with van der Waals surface area (Å²) in [6, 6.07) is 17.4. The highest BCUT2D eigenvalue weighted by Crippen LogP contribution is 2.18. The summed E-state index contributed by atoms with van der Waals surface area (Å²) in [6.07, 6.45) is 16.0. The maximum atomic E-state index is 10.5. The number of hydrogen-bond donors (Lipinski definition) is 1. The van der Waals surface area contributed by atoms with Crippen LogP contribution in [0.2, 0.25) is 0 Å². The largest absolute Gasteiger partial charge is 0.463 e. The molecule has 0 aliphatic rings. The lowest BCUT2D eigenvalue weighted by Crippen LogP contribution is -1.99. The van der Waals surface area contributed by atoms with E-state index in [2.05, 4.69) is 27.7 Å². The molecule has 0 spiro atoms. The number of ether oxygens (including phenoxy) is 1. The van der Waals surface area contributed by atoms with E-state index < -0.39 is 37.4 Å². The molecule has 0 saturated carbocycles. The van der Waals surface area contributed by atoms with Gasteiger partial charge in [-0.15, -0.1) is 6.42 Å². The Labute approximate surface area is 306 Å². The Hall–Kier alpha value is -4.27. The number of terminal acetylenes is 1. The molecule has 0 bridgehead atoms. The van der Waals surface area contributed by atoms with Gasteiger partial charge >= 0.3 is 5.97 Å². The number of aromatic amines is 1. The second-order valence-corrected chi connectivity index (χ2v) is 9.93. The molecule has 0 atom stereocenters. The molecule has 0 fully saturated rings. The van der Waals surface area contributed by atoms with Crippen LogP contribution in [-0.2, 0) is 38.3 Å². The molecule has 0 aliphatic heterocycles. The van der Waals surface area contributed by atoms with Crippen molar-refractivity contribution >= 4 is 130 Å². The first-order valence-corrected chi connectivity index (χ1v) is 15.0. The lowest BCUT2D eigenvalue weighted by Gasteiger charge is -1.92. The Morgan fingerprint density at radius 3 is 1.56 bits per heavy atom. The Balaban J connectivity index is 0. The van der Waals surface area contributed by atoms with E-state index in [4.69, 9.17) is 58.0 Å². The summed E-state index contributed by atoms with van der Waals surface area (Å²) < 4.78 is 4.46. The van der Waals surface area contributed by atoms with Gasteiger partial charge in [-0.25, -0.2) is 4.79 Å². The molecular weight excluding hydrogens is 751 g/mol. The van der Waals surface area contributed by atoms with Crippen molar-refractivity contribution in [3.05, 3.63) is 108 Å². The normalized spacial score (nSPS) is 9.88. The molecule has 9 nitrogen and oxygen atoms in total. The molecule has 1 N–H and O–H groups in total. The summed E-state index contributed by atoms with van der Waals surface area (Å²) in [5.74, 6) is 1.10. The van der Waals surface area contributed by atoms with Crippen molar-refractivity contribution in [3.8, 4) is 12.3 Å². The van der Waals surface area contributed by atoms with Gasteiger partial charge in [-0.3, -0.25) is 28.8 Å². The molecule has 3 aromatic rings. The van der Waals surface area contributed by atoms with Crippen LogP contribution in [0.5, 0.6) is 0 Å². The summed E-state index contributed by atoms with van der Waals surface area (Å²) in [5, 5.41) is -2.68. The third kappa shape index (κ3) is 29.2. The predicted molar refractivity (Wildman–Crippen MR) is 192 cm³/mol. The Bertz CT molecular complexity index is 1670. The number of hydrogen-bond acceptors (Lipinski definition) is 8. The summed E-state index contributed by atoms with van der Waals surface area (Å²) in [7, 11) is 0. The van der Waals surface area contributed by atoms with Gasteiger partial charge in [0.05, 0.1) is 6.61 Å². The van der Waals surface area contributed by atoms with Gasteiger partial charge in [-0.1, -0.05) is 54.6 Å². The molecule has 0 aliphatic carbocycles. The van der Waals surface area contributed by atoms with Crippen molar-refractivity contribution in [1.29, 1.82) is 0 Å². The number of fused-ring (bicyclic) bond motifs is 1. The van der Waals surface area contributed by atoms with Crippen LogP contribution in [0.15, 0.2) is 97.3 Å². The molecule has 2 aromatic carbocycles. The average molecular weight is 776 g/mol. The van der Waals surface area contributed by atoms with Gasteiger partial charge in [0.15, 0.2) is 0 Å². The molecule has 1 heterocycles. The zero-order valence-electron chi connectivity index (χ0n) is 24.7. The highest BCUT2D eigenvalue weighted by atomic mass is 35.5. The van der Waals surface area contributed by atoms with E-state index in [0.29, 0.717) is 6.61 Å². The Kier molecular flexibility index (Phi) is 27.6. The van der Waals surface area contributed by atoms with Crippen molar-refractivity contribution in [2.45, 2.75) is 6.92 Å². The van der Waals surface area contributed by atoms with Crippen LogP contribution in [0, 0.1) is 12.3 Å². The standard InChI is InChI=1S/C11H8ClNO.C9H7ClO.C6H7ClO3.C4H2Cl2O2.C3HClO/c12-11(14)6-5-8-7-13-10-4-2-1-3-9(8)10;10-9(11)7-6-8-4-2-1-3-5-8;1-2-10-6(9)4-3-5(7)8;5-3(7)1-2-4(6)8;1-2-3(4)5/h1-7,13H;1-7H;3-4H,2H2,1H3;1-2H;1H/b6-5+;7-6+;4-3+;2-1+;. The summed E-state index contributed by atoms with van der Waals surface area (Å²) >= 11 is 29.4. The van der Waals surface area contributed by atoms with Gasteiger partial charge in [0, 0.05) is 41.4 Å². The van der Waals surface area contributed by atoms with Crippen molar-refractivity contribution in [3.63, 3.8) is 0 Å². The van der Waals surface area contributed by atoms with Crippen LogP contribution >= 0.6 is 69.6 Å². The molecule has 0 radical (unpaired) electrons. The number of rotatable bonds is 9.